The van der Waals surface area contributed by atoms with E-state index in [1.54, 1.807) is 12.1 Å². The standard InChI is InChI=1S/C28H32N2O14S/c31-7-17-21(33)19(29-25(37)11-1-3-13-15(5-11)41-9-39-13)23(35)27(43-17)45-28-24(36)20(22(34)18(8-32)44-28)30-26(38)12-2-4-14-16(6-12)42-10-40-14/h1-6,17-24,27-28,31-36H,7-10H2,(H,29,37)(H,30,38)/t17-,18+,19-,20?,21-,22-,23+,24?,27?,28?/m0/s1. The first-order chi connectivity index (χ1) is 21.7. The Hall–Kier alpha value is -3.39. The van der Waals surface area contributed by atoms with Gasteiger partial charge < -0.3 is 69.7 Å². The van der Waals surface area contributed by atoms with Crippen molar-refractivity contribution in [2.45, 2.75) is 59.6 Å². The highest BCUT2D eigenvalue weighted by Crippen LogP contribution is 2.38. The number of aliphatic hydroxyl groups is 6. The van der Waals surface area contributed by atoms with Gasteiger partial charge in [-0.1, -0.05) is 11.8 Å². The van der Waals surface area contributed by atoms with Crippen LogP contribution in [0.3, 0.4) is 0 Å². The third-order valence-corrected chi connectivity index (χ3v) is 9.22. The molecular formula is C28H32N2O14S. The molecule has 2 saturated heterocycles. The molecule has 17 heteroatoms. The number of aliphatic hydroxyl groups excluding tert-OH is 6. The van der Waals surface area contributed by atoms with Gasteiger partial charge in [0.2, 0.25) is 13.6 Å². The molecule has 2 fully saturated rings. The molecule has 2 amide bonds. The molecule has 45 heavy (non-hydrogen) atoms. The largest absolute Gasteiger partial charge is 0.454 e. The highest BCUT2D eigenvalue weighted by molar-refractivity contribution is 8.00. The van der Waals surface area contributed by atoms with E-state index in [9.17, 15) is 40.2 Å². The highest BCUT2D eigenvalue weighted by Gasteiger charge is 2.50. The van der Waals surface area contributed by atoms with E-state index in [0.717, 1.165) is 11.8 Å². The second-order valence-electron chi connectivity index (χ2n) is 10.7. The van der Waals surface area contributed by atoms with Gasteiger partial charge in [-0.2, -0.15) is 0 Å². The molecule has 0 bridgehead atoms. The summed E-state index contributed by atoms with van der Waals surface area (Å²) < 4.78 is 32.5. The molecule has 4 aliphatic heterocycles. The fourth-order valence-corrected chi connectivity index (χ4v) is 6.76. The molecule has 4 heterocycles. The quantitative estimate of drug-likeness (QED) is 0.149. The summed E-state index contributed by atoms with van der Waals surface area (Å²) in [6.45, 7) is -1.36. The van der Waals surface area contributed by atoms with E-state index in [1.165, 1.54) is 24.3 Å². The third-order valence-electron chi connectivity index (χ3n) is 7.90. The van der Waals surface area contributed by atoms with Gasteiger partial charge in [-0.15, -0.1) is 0 Å². The van der Waals surface area contributed by atoms with E-state index in [1.807, 2.05) is 0 Å². The summed E-state index contributed by atoms with van der Waals surface area (Å²) in [4.78, 5) is 26.2. The number of benzene rings is 2. The van der Waals surface area contributed by atoms with Crippen molar-refractivity contribution in [2.75, 3.05) is 26.8 Å². The number of ether oxygens (including phenoxy) is 6. The molecule has 8 N–H and O–H groups in total. The maximum absolute atomic E-state index is 13.1. The average molecular weight is 653 g/mol. The zero-order chi connectivity index (χ0) is 31.8. The van der Waals surface area contributed by atoms with Crippen LogP contribution < -0.4 is 29.6 Å². The van der Waals surface area contributed by atoms with Crippen LogP contribution in [0.15, 0.2) is 36.4 Å². The maximum atomic E-state index is 13.1. The van der Waals surface area contributed by atoms with E-state index < -0.39 is 84.6 Å². The van der Waals surface area contributed by atoms with Crippen molar-refractivity contribution < 1.29 is 68.6 Å². The minimum absolute atomic E-state index is 0.00108. The van der Waals surface area contributed by atoms with E-state index in [0.29, 0.717) is 23.0 Å². The van der Waals surface area contributed by atoms with Gasteiger partial charge in [-0.25, -0.2) is 0 Å². The number of rotatable bonds is 8. The van der Waals surface area contributed by atoms with Crippen molar-refractivity contribution in [2.24, 2.45) is 0 Å². The van der Waals surface area contributed by atoms with Crippen molar-refractivity contribution in [3.05, 3.63) is 47.5 Å². The predicted octanol–water partition coefficient (Wildman–Crippen LogP) is -2.35. The molecule has 0 saturated carbocycles. The SMILES string of the molecule is O=C(NC1C(O)C(SC2O[C@@H](CO)[C@H](O)[C@H](NC(=O)c3ccc4c(c3)OCO4)[C@H]2O)O[C@H](CO)[C@@H]1O)c1ccc2c(c1)OCO2. The van der Waals surface area contributed by atoms with Crippen molar-refractivity contribution in [1.29, 1.82) is 0 Å². The fraction of sp³-hybridized carbons (Fsp3) is 0.500. The van der Waals surface area contributed by atoms with Gasteiger partial charge in [-0.3, -0.25) is 9.59 Å². The lowest BCUT2D eigenvalue weighted by molar-refractivity contribution is -0.175. The molecule has 0 aromatic heterocycles. The van der Waals surface area contributed by atoms with Crippen LogP contribution in [0.4, 0.5) is 0 Å². The van der Waals surface area contributed by atoms with Crippen LogP contribution in [0.2, 0.25) is 0 Å². The first-order valence-electron chi connectivity index (χ1n) is 14.0. The van der Waals surface area contributed by atoms with Gasteiger partial charge in [0.05, 0.1) is 25.3 Å². The van der Waals surface area contributed by atoms with Crippen LogP contribution >= 0.6 is 11.8 Å². The van der Waals surface area contributed by atoms with Gasteiger partial charge in [-0.05, 0) is 36.4 Å². The number of carbonyl (C=O) groups excluding carboxylic acids is 2. The lowest BCUT2D eigenvalue weighted by Gasteiger charge is -2.46. The van der Waals surface area contributed by atoms with Crippen LogP contribution in [0, 0.1) is 0 Å². The second-order valence-corrected chi connectivity index (χ2v) is 11.9. The Morgan fingerprint density at radius 3 is 1.44 bits per heavy atom. The molecule has 6 rings (SSSR count). The predicted molar refractivity (Wildman–Crippen MR) is 151 cm³/mol. The lowest BCUT2D eigenvalue weighted by atomic mass is 9.96. The summed E-state index contributed by atoms with van der Waals surface area (Å²) in [6, 6.07) is 6.23. The van der Waals surface area contributed by atoms with Crippen LogP contribution in [-0.2, 0) is 9.47 Å². The molecule has 0 spiro atoms. The Morgan fingerprint density at radius 2 is 1.04 bits per heavy atom. The molecule has 244 valence electrons. The topological polar surface area (TPSA) is 235 Å². The van der Waals surface area contributed by atoms with Crippen LogP contribution in [-0.4, -0.2) is 129 Å². The molecule has 2 aromatic carbocycles. The molecule has 0 aliphatic carbocycles. The Labute approximate surface area is 259 Å². The number of amides is 2. The van der Waals surface area contributed by atoms with Crippen molar-refractivity contribution >= 4 is 23.6 Å². The molecule has 16 nitrogen and oxygen atoms in total. The van der Waals surface area contributed by atoms with E-state index in [4.69, 9.17) is 28.4 Å². The zero-order valence-electron chi connectivity index (χ0n) is 23.4. The maximum Gasteiger partial charge on any atom is 0.251 e. The first kappa shape index (κ1) is 31.6. The smallest absolute Gasteiger partial charge is 0.251 e. The van der Waals surface area contributed by atoms with Crippen molar-refractivity contribution in [3.63, 3.8) is 0 Å². The number of nitrogens with one attached hydrogen (secondary N) is 2. The third kappa shape index (κ3) is 6.23. The van der Waals surface area contributed by atoms with Crippen LogP contribution in [0.25, 0.3) is 0 Å². The summed E-state index contributed by atoms with van der Waals surface area (Å²) in [5, 5.41) is 69.0. The van der Waals surface area contributed by atoms with Crippen LogP contribution in [0.1, 0.15) is 20.7 Å². The zero-order valence-corrected chi connectivity index (χ0v) is 24.2. The number of thioether (sulfide) groups is 1. The van der Waals surface area contributed by atoms with Crippen molar-refractivity contribution in [3.8, 4) is 23.0 Å². The van der Waals surface area contributed by atoms with Crippen LogP contribution in [0.5, 0.6) is 23.0 Å². The molecule has 10 atom stereocenters. The Kier molecular flexibility index (Phi) is 9.23. The normalized spacial score (nSPS) is 33.5. The first-order valence-corrected chi connectivity index (χ1v) is 14.9. The molecule has 4 unspecified atom stereocenters. The summed E-state index contributed by atoms with van der Waals surface area (Å²) in [6.07, 6.45) is -8.76. The summed E-state index contributed by atoms with van der Waals surface area (Å²) >= 11 is 0.721. The minimum Gasteiger partial charge on any atom is -0.454 e. The Bertz CT molecular complexity index is 1310. The summed E-state index contributed by atoms with van der Waals surface area (Å²) in [7, 11) is 0. The fourth-order valence-electron chi connectivity index (χ4n) is 5.42. The number of hydrogen-bond acceptors (Lipinski definition) is 15. The molecule has 4 aliphatic rings. The van der Waals surface area contributed by atoms with Crippen molar-refractivity contribution in [1.82, 2.24) is 10.6 Å². The van der Waals surface area contributed by atoms with Gasteiger partial charge in [0.1, 0.15) is 47.5 Å². The van der Waals surface area contributed by atoms with E-state index >= 15 is 0 Å². The van der Waals surface area contributed by atoms with E-state index in [2.05, 4.69) is 10.6 Å². The minimum atomic E-state index is -1.59. The van der Waals surface area contributed by atoms with Gasteiger partial charge in [0.15, 0.2) is 23.0 Å². The molecular weight excluding hydrogens is 620 g/mol. The molecule has 0 radical (unpaired) electrons. The Balaban J connectivity index is 1.17. The number of carbonyl (C=O) groups is 2. The molecule has 2 aromatic rings. The summed E-state index contributed by atoms with van der Waals surface area (Å²) in [5.74, 6) is 0.280. The second kappa shape index (κ2) is 13.1. The number of hydrogen-bond donors (Lipinski definition) is 8. The Morgan fingerprint density at radius 1 is 0.644 bits per heavy atom. The highest BCUT2D eigenvalue weighted by atomic mass is 32.2. The van der Waals surface area contributed by atoms with Gasteiger partial charge >= 0.3 is 0 Å². The van der Waals surface area contributed by atoms with E-state index in [-0.39, 0.29) is 24.7 Å². The number of fused-ring (bicyclic) bond motifs is 2. The summed E-state index contributed by atoms with van der Waals surface area (Å²) in [5.41, 5.74) is -2.29. The monoisotopic (exact) mass is 652 g/mol. The van der Waals surface area contributed by atoms with Gasteiger partial charge in [0, 0.05) is 11.1 Å². The van der Waals surface area contributed by atoms with Gasteiger partial charge in [0.25, 0.3) is 11.8 Å². The lowest BCUT2D eigenvalue weighted by Crippen LogP contribution is -2.66. The average Bonchev–Trinajstić information content (AvgIpc) is 3.72.